The number of fused-ring (bicyclic) bond motifs is 1. The molecule has 2 aromatic rings. The van der Waals surface area contributed by atoms with Crippen LogP contribution in [0.3, 0.4) is 0 Å². The minimum Gasteiger partial charge on any atom is -0.480 e. The molecule has 3 rings (SSSR count). The molecule has 1 aromatic carbocycles. The Labute approximate surface area is 155 Å². The highest BCUT2D eigenvalue weighted by molar-refractivity contribution is 8.26. The van der Waals surface area contributed by atoms with E-state index in [4.69, 9.17) is 17.3 Å². The largest absolute Gasteiger partial charge is 0.480 e. The van der Waals surface area contributed by atoms with Crippen LogP contribution in [0.25, 0.3) is 17.0 Å². The maximum Gasteiger partial charge on any atom is 0.323 e. The number of nitrogens with zero attached hydrogens (tertiary/aromatic N) is 2. The second-order valence-corrected chi connectivity index (χ2v) is 7.49. The lowest BCUT2D eigenvalue weighted by Crippen LogP contribution is -2.33. The number of rotatable bonds is 6. The van der Waals surface area contributed by atoms with E-state index < -0.39 is 12.5 Å². The highest BCUT2D eigenvalue weighted by atomic mass is 32.2. The number of thioether (sulfide) groups is 1. The van der Waals surface area contributed by atoms with Crippen LogP contribution in [0.2, 0.25) is 0 Å². The summed E-state index contributed by atoms with van der Waals surface area (Å²) in [6, 6.07) is 8.07. The Bertz CT molecular complexity index is 886. The highest BCUT2D eigenvalue weighted by Crippen LogP contribution is 2.34. The Morgan fingerprint density at radius 2 is 2.12 bits per heavy atom. The Balaban J connectivity index is 1.97. The quantitative estimate of drug-likeness (QED) is 0.617. The first-order chi connectivity index (χ1) is 12.0. The SMILES string of the molecule is CCCCn1cc(C=C2SC(=S)N(CC(=O)O)C2=O)c2ccccc21. The number of amides is 1. The number of hydrogen-bond acceptors (Lipinski definition) is 4. The summed E-state index contributed by atoms with van der Waals surface area (Å²) in [5, 5.41) is 10.00. The van der Waals surface area contributed by atoms with Crippen LogP contribution in [0, 0.1) is 0 Å². The van der Waals surface area contributed by atoms with E-state index in [1.165, 1.54) is 0 Å². The Morgan fingerprint density at radius 3 is 2.84 bits per heavy atom. The van der Waals surface area contributed by atoms with Gasteiger partial charge in [0.1, 0.15) is 10.9 Å². The molecule has 130 valence electrons. The van der Waals surface area contributed by atoms with Gasteiger partial charge in [0.15, 0.2) is 0 Å². The topological polar surface area (TPSA) is 62.5 Å². The van der Waals surface area contributed by atoms with Gasteiger partial charge in [-0.2, -0.15) is 0 Å². The van der Waals surface area contributed by atoms with Crippen LogP contribution < -0.4 is 0 Å². The van der Waals surface area contributed by atoms with Gasteiger partial charge in [-0.15, -0.1) is 0 Å². The summed E-state index contributed by atoms with van der Waals surface area (Å²) in [6.45, 7) is 2.67. The third-order valence-corrected chi connectivity index (χ3v) is 5.40. The van der Waals surface area contributed by atoms with Gasteiger partial charge < -0.3 is 9.67 Å². The summed E-state index contributed by atoms with van der Waals surface area (Å²) in [6.07, 6.45) is 6.05. The fourth-order valence-electron chi connectivity index (χ4n) is 2.82. The molecule has 7 heteroatoms. The number of thiocarbonyl (C=S) groups is 1. The van der Waals surface area contributed by atoms with Gasteiger partial charge in [-0.25, -0.2) is 0 Å². The van der Waals surface area contributed by atoms with Gasteiger partial charge in [-0.05, 0) is 18.6 Å². The van der Waals surface area contributed by atoms with Crippen molar-refractivity contribution in [3.63, 3.8) is 0 Å². The summed E-state index contributed by atoms with van der Waals surface area (Å²) in [7, 11) is 0. The number of carbonyl (C=O) groups is 2. The number of carbonyl (C=O) groups excluding carboxylic acids is 1. The summed E-state index contributed by atoms with van der Waals surface area (Å²) in [4.78, 5) is 24.9. The summed E-state index contributed by atoms with van der Waals surface area (Å²) < 4.78 is 2.48. The van der Waals surface area contributed by atoms with Crippen LogP contribution in [-0.2, 0) is 16.1 Å². The molecule has 5 nitrogen and oxygen atoms in total. The molecule has 0 bridgehead atoms. The molecular formula is C18H18N2O3S2. The second-order valence-electron chi connectivity index (χ2n) is 5.81. The zero-order valence-corrected chi connectivity index (χ0v) is 15.4. The predicted molar refractivity (Wildman–Crippen MR) is 104 cm³/mol. The normalized spacial score (nSPS) is 16.4. The molecular weight excluding hydrogens is 356 g/mol. The monoisotopic (exact) mass is 374 g/mol. The maximum atomic E-state index is 12.4. The average Bonchev–Trinajstić information content (AvgIpc) is 3.06. The molecule has 2 heterocycles. The third kappa shape index (κ3) is 3.62. The minimum absolute atomic E-state index is 0.286. The van der Waals surface area contributed by atoms with Crippen molar-refractivity contribution >= 4 is 57.2 Å². The third-order valence-electron chi connectivity index (χ3n) is 4.03. The van der Waals surface area contributed by atoms with Crippen LogP contribution in [0.15, 0.2) is 35.4 Å². The van der Waals surface area contributed by atoms with Crippen molar-refractivity contribution < 1.29 is 14.7 Å². The summed E-state index contributed by atoms with van der Waals surface area (Å²) >= 11 is 6.30. The molecule has 0 aliphatic carbocycles. The van der Waals surface area contributed by atoms with Crippen molar-refractivity contribution in [3.05, 3.63) is 40.9 Å². The number of aryl methyl sites for hydroxylation is 1. The number of carboxylic acid groups (broad SMARTS) is 1. The van der Waals surface area contributed by atoms with E-state index >= 15 is 0 Å². The Kier molecular flexibility index (Phi) is 5.24. The average molecular weight is 374 g/mol. The molecule has 0 radical (unpaired) electrons. The number of hydrogen-bond donors (Lipinski definition) is 1. The van der Waals surface area contributed by atoms with Crippen LogP contribution in [-0.4, -0.2) is 37.3 Å². The second kappa shape index (κ2) is 7.41. The molecule has 1 aromatic heterocycles. The van der Waals surface area contributed by atoms with Gasteiger partial charge in [0.05, 0.1) is 4.91 Å². The van der Waals surface area contributed by atoms with Crippen LogP contribution in [0.4, 0.5) is 0 Å². The van der Waals surface area contributed by atoms with E-state index in [0.717, 1.165) is 52.5 Å². The fraction of sp³-hybridized carbons (Fsp3) is 0.278. The van der Waals surface area contributed by atoms with E-state index in [1.54, 1.807) is 0 Å². The lowest BCUT2D eigenvalue weighted by molar-refractivity contribution is -0.140. The number of para-hydroxylation sites is 1. The van der Waals surface area contributed by atoms with Crippen molar-refractivity contribution in [3.8, 4) is 0 Å². The van der Waals surface area contributed by atoms with Gasteiger partial charge in [0.2, 0.25) is 0 Å². The van der Waals surface area contributed by atoms with Crippen molar-refractivity contribution in [2.45, 2.75) is 26.3 Å². The first-order valence-electron chi connectivity index (χ1n) is 8.06. The number of aliphatic carboxylic acids is 1. The van der Waals surface area contributed by atoms with E-state index in [0.29, 0.717) is 4.91 Å². The first kappa shape index (κ1) is 17.7. The van der Waals surface area contributed by atoms with E-state index in [2.05, 4.69) is 17.6 Å². The van der Waals surface area contributed by atoms with Gasteiger partial charge in [0, 0.05) is 29.2 Å². The highest BCUT2D eigenvalue weighted by Gasteiger charge is 2.33. The first-order valence-corrected chi connectivity index (χ1v) is 9.28. The molecule has 0 spiro atoms. The van der Waals surface area contributed by atoms with Crippen molar-refractivity contribution in [2.75, 3.05) is 6.54 Å². The molecule has 0 unspecified atom stereocenters. The predicted octanol–water partition coefficient (Wildman–Crippen LogP) is 3.73. The van der Waals surface area contributed by atoms with Crippen molar-refractivity contribution in [1.29, 1.82) is 0 Å². The fourth-order valence-corrected chi connectivity index (χ4v) is 4.06. The summed E-state index contributed by atoms with van der Waals surface area (Å²) in [5.74, 6) is -1.42. The van der Waals surface area contributed by atoms with E-state index in [1.807, 2.05) is 30.5 Å². The number of carboxylic acids is 1. The van der Waals surface area contributed by atoms with Crippen LogP contribution >= 0.6 is 24.0 Å². The molecule has 1 amide bonds. The van der Waals surface area contributed by atoms with Crippen molar-refractivity contribution in [2.24, 2.45) is 0 Å². The molecule has 1 N–H and O–H groups in total. The van der Waals surface area contributed by atoms with E-state index in [9.17, 15) is 9.59 Å². The minimum atomic E-state index is -1.08. The maximum absolute atomic E-state index is 12.4. The van der Waals surface area contributed by atoms with Gasteiger partial charge in [0.25, 0.3) is 5.91 Å². The number of aromatic nitrogens is 1. The molecule has 1 aliphatic rings. The van der Waals surface area contributed by atoms with Crippen LogP contribution in [0.5, 0.6) is 0 Å². The molecule has 0 atom stereocenters. The number of unbranched alkanes of at least 4 members (excludes halogenated alkanes) is 1. The molecule has 1 aliphatic heterocycles. The Morgan fingerprint density at radius 1 is 1.36 bits per heavy atom. The number of benzene rings is 1. The van der Waals surface area contributed by atoms with Gasteiger partial charge in [-0.3, -0.25) is 14.5 Å². The summed E-state index contributed by atoms with van der Waals surface area (Å²) in [5.41, 5.74) is 2.07. The van der Waals surface area contributed by atoms with Crippen molar-refractivity contribution in [1.82, 2.24) is 9.47 Å². The zero-order chi connectivity index (χ0) is 18.0. The van der Waals surface area contributed by atoms with Gasteiger partial charge in [-0.1, -0.05) is 55.5 Å². The molecule has 1 fully saturated rings. The molecule has 0 saturated carbocycles. The Hall–Kier alpha value is -2.12. The zero-order valence-electron chi connectivity index (χ0n) is 13.8. The standard InChI is InChI=1S/C18H18N2O3S2/c1-2-3-8-19-10-12(13-6-4-5-7-14(13)19)9-15-17(23)20(11-16(21)22)18(24)25-15/h4-7,9-10H,2-3,8,11H2,1H3,(H,21,22). The van der Waals surface area contributed by atoms with Crippen LogP contribution in [0.1, 0.15) is 25.3 Å². The molecule has 1 saturated heterocycles. The smallest absolute Gasteiger partial charge is 0.323 e. The molecule has 25 heavy (non-hydrogen) atoms. The van der Waals surface area contributed by atoms with E-state index in [-0.39, 0.29) is 10.2 Å². The lowest BCUT2D eigenvalue weighted by atomic mass is 10.1. The van der Waals surface area contributed by atoms with Gasteiger partial charge >= 0.3 is 5.97 Å². The lowest BCUT2D eigenvalue weighted by Gasteiger charge is -2.10.